The average Bonchev–Trinajstić information content (AvgIpc) is 3.70. The number of nitrogens with zero attached hydrogens (tertiary/aromatic N) is 4. The van der Waals surface area contributed by atoms with Crippen LogP contribution >= 0.6 is 0 Å². The normalized spacial score (nSPS) is 11.6. The predicted octanol–water partition coefficient (Wildman–Crippen LogP) is 8.27. The molecule has 0 fully saturated rings. The highest BCUT2D eigenvalue weighted by Gasteiger charge is 2.19. The topological polar surface area (TPSA) is 80.8 Å². The van der Waals surface area contributed by atoms with Gasteiger partial charge in [-0.05, 0) is 72.8 Å². The third-order valence-electron chi connectivity index (χ3n) is 7.11. The van der Waals surface area contributed by atoms with Gasteiger partial charge in [0.25, 0.3) is 0 Å². The third kappa shape index (κ3) is 3.27. The van der Waals surface area contributed by atoms with Gasteiger partial charge in [0.05, 0.1) is 22.3 Å². The molecule has 6 nitrogen and oxygen atoms in total. The predicted molar refractivity (Wildman–Crippen MR) is 152 cm³/mol. The molecule has 0 aliphatic heterocycles. The largest absolute Gasteiger partial charge is 0.436 e. The van der Waals surface area contributed by atoms with Crippen LogP contribution in [0.25, 0.3) is 72.6 Å². The molecule has 0 amide bonds. The Morgan fingerprint density at radius 2 is 1.10 bits per heavy atom. The van der Waals surface area contributed by atoms with E-state index in [1.165, 1.54) is 0 Å². The molecule has 0 N–H and O–H groups in total. The van der Waals surface area contributed by atoms with Gasteiger partial charge in [-0.3, -0.25) is 0 Å². The van der Waals surface area contributed by atoms with E-state index in [4.69, 9.17) is 18.8 Å². The summed E-state index contributed by atoms with van der Waals surface area (Å²) in [6.07, 6.45) is 0. The first-order chi connectivity index (χ1) is 19.3. The summed E-state index contributed by atoms with van der Waals surface area (Å²) in [4.78, 5) is 9.42. The van der Waals surface area contributed by atoms with Crippen LogP contribution in [-0.2, 0) is 0 Å². The van der Waals surface area contributed by atoms with E-state index in [1.807, 2.05) is 84.9 Å². The number of aromatic nitrogens is 3. The number of fused-ring (bicyclic) bond motifs is 5. The maximum atomic E-state index is 9.88. The molecule has 39 heavy (non-hydrogen) atoms. The first-order valence-electron chi connectivity index (χ1n) is 12.6. The highest BCUT2D eigenvalue weighted by molar-refractivity contribution is 6.11. The maximum Gasteiger partial charge on any atom is 0.227 e. The molecule has 3 heterocycles. The number of oxazole rings is 2. The Labute approximate surface area is 222 Å². The molecule has 3 aromatic heterocycles. The van der Waals surface area contributed by atoms with Crippen molar-refractivity contribution in [2.75, 3.05) is 0 Å². The first-order valence-corrected chi connectivity index (χ1v) is 12.6. The van der Waals surface area contributed by atoms with E-state index in [9.17, 15) is 5.26 Å². The third-order valence-corrected chi connectivity index (χ3v) is 7.11. The average molecular weight is 503 g/mol. The van der Waals surface area contributed by atoms with Crippen LogP contribution in [0.2, 0.25) is 0 Å². The van der Waals surface area contributed by atoms with Gasteiger partial charge >= 0.3 is 0 Å². The summed E-state index contributed by atoms with van der Waals surface area (Å²) in [5.41, 5.74) is 8.24. The number of benzene rings is 5. The highest BCUT2D eigenvalue weighted by Crippen LogP contribution is 2.38. The monoisotopic (exact) mass is 502 g/mol. The Kier molecular flexibility index (Phi) is 4.49. The van der Waals surface area contributed by atoms with E-state index in [-0.39, 0.29) is 0 Å². The SMILES string of the molecule is N#Cc1ccccc1-n1c2ccc(-c3nc4ccccc4o3)cc2c2cc(-c3nc4ccccc4o3)ccc21. The van der Waals surface area contributed by atoms with Gasteiger partial charge in [0.15, 0.2) is 11.2 Å². The van der Waals surface area contributed by atoms with Crippen molar-refractivity contribution in [1.29, 1.82) is 5.26 Å². The molecule has 0 bridgehead atoms. The van der Waals surface area contributed by atoms with Crippen LogP contribution in [0, 0.1) is 11.3 Å². The molecule has 0 saturated carbocycles. The molecule has 6 heteroatoms. The minimum Gasteiger partial charge on any atom is -0.436 e. The summed E-state index contributed by atoms with van der Waals surface area (Å²) in [7, 11) is 0. The van der Waals surface area contributed by atoms with Crippen molar-refractivity contribution >= 4 is 44.0 Å². The quantitative estimate of drug-likeness (QED) is 0.243. The zero-order valence-electron chi connectivity index (χ0n) is 20.5. The molecular formula is C33H18N4O2. The van der Waals surface area contributed by atoms with Crippen molar-refractivity contribution in [1.82, 2.24) is 14.5 Å². The van der Waals surface area contributed by atoms with Gasteiger partial charge in [-0.2, -0.15) is 5.26 Å². The summed E-state index contributed by atoms with van der Waals surface area (Å²) in [6, 6.07) is 37.8. The summed E-state index contributed by atoms with van der Waals surface area (Å²) in [5.74, 6) is 1.12. The van der Waals surface area contributed by atoms with Crippen molar-refractivity contribution in [3.05, 3.63) is 115 Å². The van der Waals surface area contributed by atoms with Crippen LogP contribution in [0.15, 0.2) is 118 Å². The first kappa shape index (κ1) is 21.4. The standard InChI is InChI=1S/C33H18N4O2/c34-19-22-7-1-4-10-27(22)37-28-15-13-20(32-35-25-8-2-5-11-30(25)38-32)17-23(28)24-18-21(14-16-29(24)37)33-36-26-9-3-6-12-31(26)39-33/h1-18H. The molecule has 182 valence electrons. The molecule has 0 saturated heterocycles. The fourth-order valence-corrected chi connectivity index (χ4v) is 5.30. The maximum absolute atomic E-state index is 9.88. The Morgan fingerprint density at radius 1 is 0.590 bits per heavy atom. The van der Waals surface area contributed by atoms with Gasteiger partial charge in [0.1, 0.15) is 17.1 Å². The van der Waals surface area contributed by atoms with Gasteiger partial charge in [0, 0.05) is 21.9 Å². The van der Waals surface area contributed by atoms with Crippen LogP contribution in [0.3, 0.4) is 0 Å². The van der Waals surface area contributed by atoms with Gasteiger partial charge in [-0.15, -0.1) is 0 Å². The van der Waals surface area contributed by atoms with Crippen LogP contribution < -0.4 is 0 Å². The zero-order valence-corrected chi connectivity index (χ0v) is 20.5. The van der Waals surface area contributed by atoms with Gasteiger partial charge in [-0.25, -0.2) is 9.97 Å². The number of para-hydroxylation sites is 5. The molecule has 0 aliphatic rings. The Bertz CT molecular complexity index is 2060. The highest BCUT2D eigenvalue weighted by atomic mass is 16.4. The van der Waals surface area contributed by atoms with E-state index in [0.717, 1.165) is 60.8 Å². The molecule has 0 radical (unpaired) electrons. The second-order valence-corrected chi connectivity index (χ2v) is 9.40. The summed E-state index contributed by atoms with van der Waals surface area (Å²) in [5, 5.41) is 11.9. The fourth-order valence-electron chi connectivity index (χ4n) is 5.30. The van der Waals surface area contributed by atoms with E-state index in [0.29, 0.717) is 17.3 Å². The van der Waals surface area contributed by atoms with Crippen molar-refractivity contribution in [2.45, 2.75) is 0 Å². The number of nitriles is 1. The number of rotatable bonds is 3. The number of hydrogen-bond acceptors (Lipinski definition) is 5. The molecule has 0 aliphatic carbocycles. The molecule has 8 aromatic rings. The van der Waals surface area contributed by atoms with Crippen LogP contribution in [0.1, 0.15) is 5.56 Å². The van der Waals surface area contributed by atoms with E-state index >= 15 is 0 Å². The Hall–Kier alpha value is -5.67. The van der Waals surface area contributed by atoms with Crippen molar-refractivity contribution in [3.63, 3.8) is 0 Å². The fraction of sp³-hybridized carbons (Fsp3) is 0. The van der Waals surface area contributed by atoms with Crippen molar-refractivity contribution in [3.8, 4) is 34.7 Å². The van der Waals surface area contributed by atoms with Crippen LogP contribution in [0.4, 0.5) is 0 Å². The van der Waals surface area contributed by atoms with Crippen LogP contribution in [-0.4, -0.2) is 14.5 Å². The lowest BCUT2D eigenvalue weighted by molar-refractivity contribution is 0.619. The van der Waals surface area contributed by atoms with Crippen LogP contribution in [0.5, 0.6) is 0 Å². The Morgan fingerprint density at radius 3 is 1.64 bits per heavy atom. The smallest absolute Gasteiger partial charge is 0.227 e. The van der Waals surface area contributed by atoms with Crippen molar-refractivity contribution < 1.29 is 8.83 Å². The van der Waals surface area contributed by atoms with Gasteiger partial charge in [-0.1, -0.05) is 36.4 Å². The summed E-state index contributed by atoms with van der Waals surface area (Å²) < 4.78 is 14.3. The van der Waals surface area contributed by atoms with Gasteiger partial charge in [0.2, 0.25) is 11.8 Å². The molecule has 0 atom stereocenters. The Balaban J connectivity index is 1.41. The minimum atomic E-state index is 0.562. The molecule has 8 rings (SSSR count). The second-order valence-electron chi connectivity index (χ2n) is 9.40. The number of hydrogen-bond donors (Lipinski definition) is 0. The van der Waals surface area contributed by atoms with E-state index in [1.54, 1.807) is 0 Å². The van der Waals surface area contributed by atoms with Gasteiger partial charge < -0.3 is 13.4 Å². The lowest BCUT2D eigenvalue weighted by atomic mass is 10.1. The molecule has 5 aromatic carbocycles. The zero-order chi connectivity index (χ0) is 25.9. The lowest BCUT2D eigenvalue weighted by Gasteiger charge is -2.09. The van der Waals surface area contributed by atoms with E-state index in [2.05, 4.69) is 34.9 Å². The van der Waals surface area contributed by atoms with Crippen molar-refractivity contribution in [2.24, 2.45) is 0 Å². The lowest BCUT2D eigenvalue weighted by Crippen LogP contribution is -1.97. The second kappa shape index (κ2) is 8.17. The summed E-state index contributed by atoms with van der Waals surface area (Å²) in [6.45, 7) is 0. The van der Waals surface area contributed by atoms with E-state index < -0.39 is 0 Å². The molecular weight excluding hydrogens is 484 g/mol. The molecule has 0 unspecified atom stereocenters. The minimum absolute atomic E-state index is 0.562. The summed E-state index contributed by atoms with van der Waals surface area (Å²) >= 11 is 0. The molecule has 0 spiro atoms.